The molecule has 0 bridgehead atoms. The second-order valence-corrected chi connectivity index (χ2v) is 6.71. The fourth-order valence-corrected chi connectivity index (χ4v) is 2.96. The number of hydrazine groups is 2. The van der Waals surface area contributed by atoms with Gasteiger partial charge in [0.1, 0.15) is 13.2 Å². The molecule has 2 aromatic heterocycles. The predicted octanol–water partition coefficient (Wildman–Crippen LogP) is 4.15. The highest BCUT2D eigenvalue weighted by molar-refractivity contribution is 5.62. The number of nitrogens with zero attached hydrogens (tertiary/aromatic N) is 3. The summed E-state index contributed by atoms with van der Waals surface area (Å²) in [6.07, 6.45) is 3.42. The summed E-state index contributed by atoms with van der Waals surface area (Å²) in [5, 5.41) is 1.80. The van der Waals surface area contributed by atoms with Crippen molar-refractivity contribution in [3.8, 4) is 11.8 Å². The van der Waals surface area contributed by atoms with Crippen LogP contribution in [0.3, 0.4) is 0 Å². The molecule has 156 valence electrons. The zero-order valence-electron chi connectivity index (χ0n) is 16.9. The summed E-state index contributed by atoms with van der Waals surface area (Å²) in [5.41, 5.74) is 6.62. The van der Waals surface area contributed by atoms with E-state index >= 15 is 0 Å². The fraction of sp³-hybridized carbons (Fsp3) is 0.0833. The standard InChI is InChI=1S/C24H23N5O2/c25-28-29(21-11-7-19(8-12-21)17-30-23-5-1-3-15-26-23)22-13-9-20(10-14-22)18-31-24-6-2-4-16-27-24/h1-16,28H,17-18,25H2. The molecule has 0 spiro atoms. The molecule has 0 amide bonds. The monoisotopic (exact) mass is 413 g/mol. The second kappa shape index (κ2) is 10.2. The summed E-state index contributed by atoms with van der Waals surface area (Å²) in [6.45, 7) is 0.886. The minimum absolute atomic E-state index is 0.443. The van der Waals surface area contributed by atoms with Crippen molar-refractivity contribution in [3.05, 3.63) is 108 Å². The van der Waals surface area contributed by atoms with Crippen molar-refractivity contribution in [2.24, 2.45) is 5.84 Å². The number of ether oxygens (including phenoxy) is 2. The third-order valence-electron chi connectivity index (χ3n) is 4.57. The minimum Gasteiger partial charge on any atom is -0.473 e. The maximum atomic E-state index is 5.79. The smallest absolute Gasteiger partial charge is 0.213 e. The maximum Gasteiger partial charge on any atom is 0.213 e. The Morgan fingerprint density at radius 3 is 1.45 bits per heavy atom. The van der Waals surface area contributed by atoms with Crippen LogP contribution in [0.25, 0.3) is 0 Å². The van der Waals surface area contributed by atoms with E-state index in [9.17, 15) is 0 Å². The Kier molecular flexibility index (Phi) is 6.69. The van der Waals surface area contributed by atoms with Crippen LogP contribution >= 0.6 is 0 Å². The third-order valence-corrected chi connectivity index (χ3v) is 4.57. The normalized spacial score (nSPS) is 10.5. The van der Waals surface area contributed by atoms with Gasteiger partial charge < -0.3 is 9.47 Å². The van der Waals surface area contributed by atoms with Crippen molar-refractivity contribution in [2.75, 3.05) is 5.01 Å². The van der Waals surface area contributed by atoms with E-state index in [-0.39, 0.29) is 0 Å². The van der Waals surface area contributed by atoms with Crippen molar-refractivity contribution >= 4 is 11.4 Å². The van der Waals surface area contributed by atoms with Crippen molar-refractivity contribution in [3.63, 3.8) is 0 Å². The number of hydrogen-bond acceptors (Lipinski definition) is 7. The van der Waals surface area contributed by atoms with Crippen molar-refractivity contribution in [1.29, 1.82) is 0 Å². The van der Waals surface area contributed by atoms with Gasteiger partial charge in [-0.2, -0.15) is 5.53 Å². The number of hydrogen-bond donors (Lipinski definition) is 2. The van der Waals surface area contributed by atoms with Crippen molar-refractivity contribution in [2.45, 2.75) is 13.2 Å². The molecule has 0 radical (unpaired) electrons. The van der Waals surface area contributed by atoms with E-state index in [1.54, 1.807) is 17.4 Å². The number of rotatable bonds is 9. The van der Waals surface area contributed by atoms with Crippen LogP contribution in [-0.2, 0) is 13.2 Å². The number of nitrogens with two attached hydrogens (primary N) is 1. The van der Waals surface area contributed by atoms with Crippen LogP contribution in [0.2, 0.25) is 0 Å². The SMILES string of the molecule is NNN(c1ccc(COc2ccccn2)cc1)c1ccc(COc2ccccn2)cc1. The molecule has 2 heterocycles. The Bertz CT molecular complexity index is 972. The van der Waals surface area contributed by atoms with Gasteiger partial charge in [0.05, 0.1) is 11.4 Å². The molecule has 0 aliphatic rings. The zero-order valence-corrected chi connectivity index (χ0v) is 16.9. The Hall–Kier alpha value is -3.94. The molecular formula is C24H23N5O2. The number of anilines is 2. The average molecular weight is 413 g/mol. The second-order valence-electron chi connectivity index (χ2n) is 6.71. The van der Waals surface area contributed by atoms with Gasteiger partial charge in [-0.05, 0) is 47.5 Å². The summed E-state index contributed by atoms with van der Waals surface area (Å²) in [4.78, 5) is 8.32. The molecular weight excluding hydrogens is 390 g/mol. The molecule has 7 heteroatoms. The Labute approximate surface area is 181 Å². The molecule has 3 N–H and O–H groups in total. The lowest BCUT2D eigenvalue weighted by Crippen LogP contribution is -2.39. The van der Waals surface area contributed by atoms with Gasteiger partial charge in [0, 0.05) is 24.5 Å². The first-order chi connectivity index (χ1) is 15.3. The fourth-order valence-electron chi connectivity index (χ4n) is 2.96. The van der Waals surface area contributed by atoms with Crippen LogP contribution < -0.4 is 25.9 Å². The molecule has 7 nitrogen and oxygen atoms in total. The summed E-state index contributed by atoms with van der Waals surface area (Å²) in [7, 11) is 0. The average Bonchev–Trinajstić information content (AvgIpc) is 2.85. The first kappa shape index (κ1) is 20.3. The molecule has 0 saturated heterocycles. The molecule has 0 unspecified atom stereocenters. The number of pyridine rings is 2. The highest BCUT2D eigenvalue weighted by Crippen LogP contribution is 2.24. The van der Waals surface area contributed by atoms with E-state index in [4.69, 9.17) is 15.3 Å². The predicted molar refractivity (Wildman–Crippen MR) is 119 cm³/mol. The first-order valence-corrected chi connectivity index (χ1v) is 9.84. The molecule has 4 rings (SSSR count). The number of benzene rings is 2. The van der Waals surface area contributed by atoms with Gasteiger partial charge in [-0.15, -0.1) is 0 Å². The molecule has 0 atom stereocenters. The highest BCUT2D eigenvalue weighted by atomic mass is 16.5. The largest absolute Gasteiger partial charge is 0.473 e. The first-order valence-electron chi connectivity index (χ1n) is 9.84. The van der Waals surface area contributed by atoms with Gasteiger partial charge in [-0.3, -0.25) is 10.9 Å². The molecule has 2 aromatic carbocycles. The molecule has 0 fully saturated rings. The summed E-state index contributed by atoms with van der Waals surface area (Å²) in [6, 6.07) is 27.1. The Morgan fingerprint density at radius 2 is 1.10 bits per heavy atom. The van der Waals surface area contributed by atoms with Crippen LogP contribution in [0.4, 0.5) is 11.4 Å². The van der Waals surface area contributed by atoms with E-state index in [1.165, 1.54) is 0 Å². The lowest BCUT2D eigenvalue weighted by molar-refractivity contribution is 0.294. The van der Waals surface area contributed by atoms with Crippen LogP contribution in [0, 0.1) is 0 Å². The van der Waals surface area contributed by atoms with Gasteiger partial charge in [0.25, 0.3) is 0 Å². The third kappa shape index (κ3) is 5.57. The molecule has 4 aromatic rings. The van der Waals surface area contributed by atoms with Gasteiger partial charge >= 0.3 is 0 Å². The van der Waals surface area contributed by atoms with Gasteiger partial charge in [-0.25, -0.2) is 9.97 Å². The maximum absolute atomic E-state index is 5.79. The topological polar surface area (TPSA) is 85.5 Å². The van der Waals surface area contributed by atoms with E-state index < -0.39 is 0 Å². The molecule has 0 saturated carbocycles. The molecule has 0 aliphatic heterocycles. The van der Waals surface area contributed by atoms with Crippen LogP contribution in [0.5, 0.6) is 11.8 Å². The van der Waals surface area contributed by atoms with E-state index in [0.29, 0.717) is 25.0 Å². The molecule has 0 aliphatic carbocycles. The summed E-state index contributed by atoms with van der Waals surface area (Å²) >= 11 is 0. The summed E-state index contributed by atoms with van der Waals surface area (Å²) < 4.78 is 11.4. The van der Waals surface area contributed by atoms with Crippen molar-refractivity contribution in [1.82, 2.24) is 15.5 Å². The van der Waals surface area contributed by atoms with Gasteiger partial charge in [0.2, 0.25) is 11.8 Å². The van der Waals surface area contributed by atoms with Gasteiger partial charge in [-0.1, -0.05) is 36.4 Å². The highest BCUT2D eigenvalue weighted by Gasteiger charge is 2.08. The Morgan fingerprint density at radius 1 is 0.645 bits per heavy atom. The summed E-state index contributed by atoms with van der Waals surface area (Å²) in [5.74, 6) is 6.99. The van der Waals surface area contributed by atoms with E-state index in [0.717, 1.165) is 22.5 Å². The molecule has 31 heavy (non-hydrogen) atoms. The van der Waals surface area contributed by atoms with Crippen LogP contribution in [0.1, 0.15) is 11.1 Å². The number of nitrogens with one attached hydrogen (secondary N) is 1. The van der Waals surface area contributed by atoms with Gasteiger partial charge in [0.15, 0.2) is 0 Å². The Balaban J connectivity index is 1.37. The minimum atomic E-state index is 0.443. The van der Waals surface area contributed by atoms with Crippen molar-refractivity contribution < 1.29 is 9.47 Å². The zero-order chi connectivity index (χ0) is 21.3. The van der Waals surface area contributed by atoms with E-state index in [2.05, 4.69) is 15.5 Å². The van der Waals surface area contributed by atoms with E-state index in [1.807, 2.05) is 84.9 Å². The van der Waals surface area contributed by atoms with Crippen LogP contribution in [-0.4, -0.2) is 9.97 Å². The lowest BCUT2D eigenvalue weighted by Gasteiger charge is -2.23. The number of aromatic nitrogens is 2. The quantitative estimate of drug-likeness (QED) is 0.315. The van der Waals surface area contributed by atoms with Crippen LogP contribution in [0.15, 0.2) is 97.3 Å². The lowest BCUT2D eigenvalue weighted by atomic mass is 10.2.